The van der Waals surface area contributed by atoms with Crippen LogP contribution in [0.1, 0.15) is 93.2 Å². The Hall–Kier alpha value is -6.44. The zero-order valence-corrected chi connectivity index (χ0v) is 35.7. The van der Waals surface area contributed by atoms with Crippen LogP contribution in [-0.2, 0) is 16.2 Å². The van der Waals surface area contributed by atoms with Crippen LogP contribution < -0.4 is 4.90 Å². The van der Waals surface area contributed by atoms with Crippen molar-refractivity contribution in [2.45, 2.75) is 76.0 Å². The van der Waals surface area contributed by atoms with E-state index in [1.807, 2.05) is 0 Å². The number of anilines is 3. The van der Waals surface area contributed by atoms with E-state index in [0.717, 1.165) is 0 Å². The van der Waals surface area contributed by atoms with Gasteiger partial charge in [0.15, 0.2) is 0 Å². The molecule has 4 aliphatic carbocycles. The van der Waals surface area contributed by atoms with E-state index in [9.17, 15) is 0 Å². The number of nitrogens with zero attached hydrogens (tertiary/aromatic N) is 1. The minimum Gasteiger partial charge on any atom is -0.309 e. The standard InChI is InChI=1S/C60H51N/c1-58(2)49-25-11-6-20-42(49)47-37-39(31-33-51(47)58)41-19-9-14-29-55(41)61(40-32-34-53-48(38-40)43-21-7-13-27-52(43)60(53)35-16-5-17-36-60)56-30-15-10-22-44(56)45-24-18-28-54-57(45)46-23-8-12-26-50(46)59(54,3)4/h6-15,18-34,37-38H,5,16-17,35-36H2,1-4H3. The van der Waals surface area contributed by atoms with Crippen LogP contribution in [-0.4, -0.2) is 0 Å². The molecule has 0 heterocycles. The predicted molar refractivity (Wildman–Crippen MR) is 256 cm³/mol. The molecule has 1 saturated carbocycles. The van der Waals surface area contributed by atoms with Crippen LogP contribution in [0.15, 0.2) is 176 Å². The highest BCUT2D eigenvalue weighted by atomic mass is 15.1. The van der Waals surface area contributed by atoms with Gasteiger partial charge >= 0.3 is 0 Å². The van der Waals surface area contributed by atoms with E-state index in [-0.39, 0.29) is 16.2 Å². The second kappa shape index (κ2) is 13.3. The van der Waals surface area contributed by atoms with Gasteiger partial charge in [-0.25, -0.2) is 0 Å². The van der Waals surface area contributed by atoms with Crippen LogP contribution in [0.2, 0.25) is 0 Å². The molecule has 4 aliphatic rings. The van der Waals surface area contributed by atoms with E-state index in [1.165, 1.54) is 138 Å². The fourth-order valence-corrected chi connectivity index (χ4v) is 12.4. The van der Waals surface area contributed by atoms with E-state index in [1.54, 1.807) is 0 Å². The van der Waals surface area contributed by atoms with Crippen molar-refractivity contribution in [3.8, 4) is 55.6 Å². The summed E-state index contributed by atoms with van der Waals surface area (Å²) in [6, 6.07) is 67.2. The Bertz CT molecular complexity index is 3080. The zero-order chi connectivity index (χ0) is 41.1. The topological polar surface area (TPSA) is 3.24 Å². The molecule has 8 aromatic rings. The Morgan fingerprint density at radius 2 is 0.820 bits per heavy atom. The van der Waals surface area contributed by atoms with Gasteiger partial charge in [-0.3, -0.25) is 0 Å². The maximum atomic E-state index is 2.58. The molecular weight excluding hydrogens is 735 g/mol. The van der Waals surface area contributed by atoms with E-state index in [0.29, 0.717) is 0 Å². The minimum absolute atomic E-state index is 0.0471. The second-order valence-electron chi connectivity index (χ2n) is 19.1. The Labute approximate surface area is 361 Å². The Morgan fingerprint density at radius 3 is 1.56 bits per heavy atom. The smallest absolute Gasteiger partial charge is 0.0540 e. The Morgan fingerprint density at radius 1 is 0.344 bits per heavy atom. The van der Waals surface area contributed by atoms with Crippen molar-refractivity contribution < 1.29 is 0 Å². The van der Waals surface area contributed by atoms with Gasteiger partial charge in [0.25, 0.3) is 0 Å². The van der Waals surface area contributed by atoms with E-state index < -0.39 is 0 Å². The number of benzene rings is 8. The molecule has 0 saturated heterocycles. The molecule has 0 bridgehead atoms. The van der Waals surface area contributed by atoms with Crippen molar-refractivity contribution in [1.82, 2.24) is 0 Å². The first-order valence-electron chi connectivity index (χ1n) is 22.5. The van der Waals surface area contributed by atoms with Crippen molar-refractivity contribution in [2.24, 2.45) is 0 Å². The van der Waals surface area contributed by atoms with Crippen molar-refractivity contribution >= 4 is 17.1 Å². The van der Waals surface area contributed by atoms with Crippen LogP contribution in [0.5, 0.6) is 0 Å². The minimum atomic E-state index is -0.0909. The lowest BCUT2D eigenvalue weighted by atomic mass is 9.68. The van der Waals surface area contributed by atoms with Crippen LogP contribution in [0, 0.1) is 0 Å². The summed E-state index contributed by atoms with van der Waals surface area (Å²) in [7, 11) is 0. The first-order valence-corrected chi connectivity index (χ1v) is 22.5. The van der Waals surface area contributed by atoms with Gasteiger partial charge < -0.3 is 4.90 Å². The fraction of sp³-hybridized carbons (Fsp3) is 0.200. The average molecular weight is 786 g/mol. The van der Waals surface area contributed by atoms with Gasteiger partial charge in [0.05, 0.1) is 11.4 Å². The molecule has 0 unspecified atom stereocenters. The van der Waals surface area contributed by atoms with E-state index in [4.69, 9.17) is 0 Å². The number of rotatable bonds is 5. The van der Waals surface area contributed by atoms with Crippen LogP contribution >= 0.6 is 0 Å². The van der Waals surface area contributed by atoms with Gasteiger partial charge in [-0.05, 0) is 121 Å². The van der Waals surface area contributed by atoms with Gasteiger partial charge in [-0.15, -0.1) is 0 Å². The lowest BCUT2D eigenvalue weighted by molar-refractivity contribution is 0.353. The number of hydrogen-bond donors (Lipinski definition) is 0. The first kappa shape index (κ1) is 36.4. The molecule has 1 spiro atoms. The molecule has 0 amide bonds. The highest BCUT2D eigenvalue weighted by Gasteiger charge is 2.44. The summed E-state index contributed by atoms with van der Waals surface area (Å²) in [4.78, 5) is 2.58. The highest BCUT2D eigenvalue weighted by molar-refractivity contribution is 6.01. The fourth-order valence-electron chi connectivity index (χ4n) is 12.4. The summed E-state index contributed by atoms with van der Waals surface area (Å²) >= 11 is 0. The summed E-state index contributed by atoms with van der Waals surface area (Å²) in [5.74, 6) is 0. The van der Waals surface area contributed by atoms with Crippen LogP contribution in [0.25, 0.3) is 55.6 Å². The summed E-state index contributed by atoms with van der Waals surface area (Å²) in [5.41, 5.74) is 25.3. The van der Waals surface area contributed by atoms with Crippen molar-refractivity contribution in [1.29, 1.82) is 0 Å². The molecule has 1 heteroatoms. The summed E-state index contributed by atoms with van der Waals surface area (Å²) in [6.45, 7) is 9.50. The molecule has 61 heavy (non-hydrogen) atoms. The molecule has 296 valence electrons. The van der Waals surface area contributed by atoms with Gasteiger partial charge in [-0.2, -0.15) is 0 Å². The lowest BCUT2D eigenvalue weighted by Crippen LogP contribution is -2.28. The quantitative estimate of drug-likeness (QED) is 0.168. The van der Waals surface area contributed by atoms with Crippen molar-refractivity contribution in [3.63, 3.8) is 0 Å². The third-order valence-corrected chi connectivity index (χ3v) is 15.3. The molecule has 8 aromatic carbocycles. The normalized spacial score (nSPS) is 16.6. The molecular formula is C60H51N. The Balaban J connectivity index is 1.11. The molecule has 0 aliphatic heterocycles. The average Bonchev–Trinajstić information content (AvgIpc) is 3.81. The molecule has 0 N–H and O–H groups in total. The molecule has 0 aromatic heterocycles. The lowest BCUT2D eigenvalue weighted by Gasteiger charge is -2.36. The SMILES string of the molecule is CC1(C)c2ccccc2-c2cc(-c3ccccc3N(c3ccc4c(c3)-c3ccccc3C43CCCCC3)c3ccccc3-c3cccc4c3-c3ccccc3C4(C)C)ccc21. The Kier molecular flexibility index (Phi) is 7.93. The van der Waals surface area contributed by atoms with E-state index in [2.05, 4.69) is 209 Å². The van der Waals surface area contributed by atoms with Gasteiger partial charge in [-0.1, -0.05) is 193 Å². The van der Waals surface area contributed by atoms with Gasteiger partial charge in [0, 0.05) is 33.1 Å². The number of para-hydroxylation sites is 2. The molecule has 12 rings (SSSR count). The second-order valence-corrected chi connectivity index (χ2v) is 19.1. The predicted octanol–water partition coefficient (Wildman–Crippen LogP) is 16.3. The van der Waals surface area contributed by atoms with Crippen LogP contribution in [0.3, 0.4) is 0 Å². The summed E-state index contributed by atoms with van der Waals surface area (Å²) in [6.07, 6.45) is 6.34. The van der Waals surface area contributed by atoms with Crippen molar-refractivity contribution in [3.05, 3.63) is 209 Å². The number of hydrogen-bond acceptors (Lipinski definition) is 1. The number of fused-ring (bicyclic) bond motifs is 11. The molecule has 1 fully saturated rings. The maximum Gasteiger partial charge on any atom is 0.0540 e. The largest absolute Gasteiger partial charge is 0.309 e. The van der Waals surface area contributed by atoms with Crippen LogP contribution in [0.4, 0.5) is 17.1 Å². The molecule has 1 nitrogen and oxygen atoms in total. The van der Waals surface area contributed by atoms with Gasteiger partial charge in [0.2, 0.25) is 0 Å². The maximum absolute atomic E-state index is 2.58. The highest BCUT2D eigenvalue weighted by Crippen LogP contribution is 2.59. The van der Waals surface area contributed by atoms with Gasteiger partial charge in [0.1, 0.15) is 0 Å². The third kappa shape index (κ3) is 5.13. The first-order chi connectivity index (χ1) is 29.8. The monoisotopic (exact) mass is 785 g/mol. The summed E-state index contributed by atoms with van der Waals surface area (Å²) < 4.78 is 0. The van der Waals surface area contributed by atoms with Crippen molar-refractivity contribution in [2.75, 3.05) is 4.90 Å². The molecule has 0 radical (unpaired) electrons. The zero-order valence-electron chi connectivity index (χ0n) is 35.7. The molecule has 0 atom stereocenters. The third-order valence-electron chi connectivity index (χ3n) is 15.3. The summed E-state index contributed by atoms with van der Waals surface area (Å²) in [5, 5.41) is 0. The van der Waals surface area contributed by atoms with E-state index >= 15 is 0 Å².